The molecule has 2 saturated heterocycles. The zero-order chi connectivity index (χ0) is 39.6. The van der Waals surface area contributed by atoms with Crippen molar-refractivity contribution in [2.75, 3.05) is 39.5 Å². The van der Waals surface area contributed by atoms with E-state index in [2.05, 4.69) is 110 Å². The number of hydrogen-bond acceptors (Lipinski definition) is 12. The van der Waals surface area contributed by atoms with E-state index in [-0.39, 0.29) is 35.1 Å². The van der Waals surface area contributed by atoms with Crippen molar-refractivity contribution < 1.29 is 23.7 Å². The number of hydrogen-bond donors (Lipinski definition) is 1. The highest BCUT2D eigenvalue weighted by molar-refractivity contribution is 6.38. The fraction of sp³-hybridized carbons (Fsp3) is 0.512. The Bertz CT molecular complexity index is 1990. The number of ether oxygens (including phenoxy) is 5. The summed E-state index contributed by atoms with van der Waals surface area (Å²) in [7, 11) is 0. The summed E-state index contributed by atoms with van der Waals surface area (Å²) >= 11 is 0. The van der Waals surface area contributed by atoms with Crippen LogP contribution in [0.25, 0.3) is 5.57 Å². The number of aromatic nitrogens is 1. The van der Waals surface area contributed by atoms with E-state index in [0.29, 0.717) is 42.5 Å². The van der Waals surface area contributed by atoms with Gasteiger partial charge in [-0.3, -0.25) is 4.99 Å². The van der Waals surface area contributed by atoms with Gasteiger partial charge >= 0.3 is 0 Å². The molecule has 4 heterocycles. The van der Waals surface area contributed by atoms with Gasteiger partial charge in [-0.2, -0.15) is 15.6 Å². The van der Waals surface area contributed by atoms with Gasteiger partial charge in [-0.05, 0) is 68.4 Å². The van der Waals surface area contributed by atoms with Crippen LogP contribution in [0.2, 0.25) is 0 Å². The number of aryl methyl sites for hydroxylation is 1. The molecule has 1 saturated carbocycles. The van der Waals surface area contributed by atoms with Crippen molar-refractivity contribution in [3.63, 3.8) is 0 Å². The van der Waals surface area contributed by atoms with Gasteiger partial charge in [0.1, 0.15) is 17.2 Å². The molecule has 3 aliphatic heterocycles. The minimum atomic E-state index is -0.387. The van der Waals surface area contributed by atoms with Gasteiger partial charge in [0.05, 0.1) is 57.4 Å². The first-order valence-electron chi connectivity index (χ1n) is 18.6. The van der Waals surface area contributed by atoms with Crippen molar-refractivity contribution in [3.05, 3.63) is 64.6 Å². The van der Waals surface area contributed by atoms with Gasteiger partial charge in [-0.1, -0.05) is 46.6 Å². The molecular formula is C43H51N7O5. The Labute approximate surface area is 325 Å². The largest absolute Gasteiger partial charge is 0.488 e. The third kappa shape index (κ3) is 11.2. The molecule has 0 spiro atoms. The lowest BCUT2D eigenvalue weighted by molar-refractivity contribution is -0.228. The van der Waals surface area contributed by atoms with Crippen LogP contribution in [-0.2, 0) is 25.4 Å². The van der Waals surface area contributed by atoms with E-state index in [1.54, 1.807) is 18.3 Å². The molecular weight excluding hydrogens is 695 g/mol. The van der Waals surface area contributed by atoms with Crippen LogP contribution in [0.5, 0.6) is 5.75 Å². The lowest BCUT2D eigenvalue weighted by Gasteiger charge is -2.50. The van der Waals surface area contributed by atoms with Crippen molar-refractivity contribution in [2.24, 2.45) is 26.8 Å². The first-order chi connectivity index (χ1) is 26.3. The second-order valence-electron chi connectivity index (χ2n) is 16.0. The highest BCUT2D eigenvalue weighted by atomic mass is 16.7. The standard InChI is InChI=1S/C23H28N2O2.C20H23N5O3/c1-6-18-12-17(8-7-11-24)9-10-19(18)20-13-25(23(20,4)5)14-21-26-15-22(2,3)16-27-21;1-20(2)12-26-18(27-13-20)11-23-10-16(25-22)19-17(28-15-5-6-15)8-14(9-24-19)4-3-7-21/h9-10,12-13,21H,6,14-16H2,1-5H3;8-10,15,18H,5-6,11-13,22H2,1-2H3/b;23-10?,25-16+. The number of pyridine rings is 1. The van der Waals surface area contributed by atoms with E-state index in [1.807, 2.05) is 12.1 Å². The maximum absolute atomic E-state index is 8.65. The van der Waals surface area contributed by atoms with Crippen LogP contribution < -0.4 is 10.6 Å². The Balaban J connectivity index is 0.000000211. The fourth-order valence-electron chi connectivity index (χ4n) is 6.04. The van der Waals surface area contributed by atoms with Crippen LogP contribution in [0.15, 0.2) is 46.8 Å². The van der Waals surface area contributed by atoms with Gasteiger partial charge in [0.25, 0.3) is 0 Å². The quantitative estimate of drug-likeness (QED) is 0.141. The predicted octanol–water partition coefficient (Wildman–Crippen LogP) is 5.59. The molecule has 55 heavy (non-hydrogen) atoms. The van der Waals surface area contributed by atoms with Crippen molar-refractivity contribution in [3.8, 4) is 41.6 Å². The molecule has 0 amide bonds. The smallest absolute Gasteiger partial charge is 0.176 e. The number of rotatable bonds is 10. The highest BCUT2D eigenvalue weighted by Crippen LogP contribution is 2.43. The average Bonchev–Trinajstić information content (AvgIpc) is 3.99. The molecule has 0 unspecified atom stereocenters. The minimum absolute atomic E-state index is 0.0131. The Kier molecular flexibility index (Phi) is 13.4. The monoisotopic (exact) mass is 745 g/mol. The van der Waals surface area contributed by atoms with Crippen LogP contribution >= 0.6 is 0 Å². The first kappa shape index (κ1) is 41.0. The summed E-state index contributed by atoms with van der Waals surface area (Å²) in [5.41, 5.74) is 6.18. The number of hydrazone groups is 1. The van der Waals surface area contributed by atoms with Crippen molar-refractivity contribution in [1.29, 1.82) is 10.5 Å². The summed E-state index contributed by atoms with van der Waals surface area (Å²) in [5.74, 6) is 16.5. The van der Waals surface area contributed by atoms with Crippen LogP contribution in [0.1, 0.15) is 89.3 Å². The Morgan fingerprint density at radius 2 is 1.55 bits per heavy atom. The van der Waals surface area contributed by atoms with Gasteiger partial charge in [0, 0.05) is 51.8 Å². The summed E-state index contributed by atoms with van der Waals surface area (Å²) in [6.07, 6.45) is 7.79. The molecule has 12 nitrogen and oxygen atoms in total. The highest BCUT2D eigenvalue weighted by Gasteiger charge is 2.41. The van der Waals surface area contributed by atoms with E-state index in [4.69, 9.17) is 40.1 Å². The van der Waals surface area contributed by atoms with E-state index in [0.717, 1.165) is 44.6 Å². The fourth-order valence-corrected chi connectivity index (χ4v) is 6.04. The molecule has 0 radical (unpaired) electrons. The molecule has 2 aromatic rings. The maximum atomic E-state index is 8.65. The van der Waals surface area contributed by atoms with Gasteiger partial charge in [0.2, 0.25) is 0 Å². The zero-order valence-electron chi connectivity index (χ0n) is 32.9. The van der Waals surface area contributed by atoms with Gasteiger partial charge in [-0.15, -0.1) is 0 Å². The topological polar surface area (TPSA) is 161 Å². The lowest BCUT2D eigenvalue weighted by atomic mass is 9.79. The van der Waals surface area contributed by atoms with E-state index in [1.165, 1.54) is 22.9 Å². The van der Waals surface area contributed by atoms with Crippen LogP contribution in [0, 0.1) is 57.2 Å². The summed E-state index contributed by atoms with van der Waals surface area (Å²) in [6.45, 7) is 18.9. The van der Waals surface area contributed by atoms with Crippen molar-refractivity contribution in [2.45, 2.75) is 92.0 Å². The third-order valence-electron chi connectivity index (χ3n) is 9.47. The van der Waals surface area contributed by atoms with Gasteiger partial charge in [0.15, 0.2) is 24.7 Å². The molecule has 288 valence electrons. The van der Waals surface area contributed by atoms with Gasteiger partial charge < -0.3 is 34.4 Å². The maximum Gasteiger partial charge on any atom is 0.176 e. The predicted molar refractivity (Wildman–Crippen MR) is 210 cm³/mol. The van der Waals surface area contributed by atoms with Crippen LogP contribution in [-0.4, -0.2) is 85.6 Å². The SMILES string of the molecule is CC1(C)COC(CN=C/C(=N\N)c2ncc(C#CC#N)cc2OC2CC2)OC1.CCc1cc(C#CC#N)ccc1C1=CN(CC2OCC(C)(C)CO2)C1(C)C. The molecule has 3 fully saturated rings. The Morgan fingerprint density at radius 3 is 2.11 bits per heavy atom. The zero-order valence-corrected chi connectivity index (χ0v) is 32.9. The summed E-state index contributed by atoms with van der Waals surface area (Å²) in [5, 5.41) is 21.1. The molecule has 2 N–H and O–H groups in total. The summed E-state index contributed by atoms with van der Waals surface area (Å²) < 4.78 is 29.0. The summed E-state index contributed by atoms with van der Waals surface area (Å²) in [6, 6.07) is 11.6. The van der Waals surface area contributed by atoms with Crippen molar-refractivity contribution in [1.82, 2.24) is 9.88 Å². The average molecular weight is 746 g/mol. The summed E-state index contributed by atoms with van der Waals surface area (Å²) in [4.78, 5) is 11.0. The molecule has 12 heteroatoms. The van der Waals surface area contributed by atoms with Crippen LogP contribution in [0.3, 0.4) is 0 Å². The Morgan fingerprint density at radius 1 is 0.927 bits per heavy atom. The number of nitriles is 2. The number of aliphatic imine (C=N–C) groups is 1. The van der Waals surface area contributed by atoms with Crippen molar-refractivity contribution >= 4 is 17.5 Å². The van der Waals surface area contributed by atoms with Gasteiger partial charge in [-0.25, -0.2) is 4.98 Å². The molecule has 1 aromatic carbocycles. The first-order valence-corrected chi connectivity index (χ1v) is 18.6. The molecule has 4 aliphatic rings. The van der Waals surface area contributed by atoms with Crippen LogP contribution in [0.4, 0.5) is 0 Å². The second-order valence-corrected chi connectivity index (χ2v) is 16.0. The third-order valence-corrected chi connectivity index (χ3v) is 9.47. The lowest BCUT2D eigenvalue weighted by Crippen LogP contribution is -2.54. The minimum Gasteiger partial charge on any atom is -0.488 e. The number of benzene rings is 1. The van der Waals surface area contributed by atoms with E-state index in [9.17, 15) is 0 Å². The molecule has 1 aliphatic carbocycles. The van der Waals surface area contributed by atoms with E-state index >= 15 is 0 Å². The number of nitrogens with zero attached hydrogens (tertiary/aromatic N) is 6. The normalized spacial score (nSPS) is 20.2. The molecule has 6 rings (SSSR count). The molecule has 0 bridgehead atoms. The number of nitrogens with two attached hydrogens (primary N) is 1. The molecule has 1 aromatic heterocycles. The Hall–Kier alpha value is -5.21. The second kappa shape index (κ2) is 17.9. The van der Waals surface area contributed by atoms with E-state index < -0.39 is 0 Å². The molecule has 0 atom stereocenters.